The maximum atomic E-state index is 12.4. The zero-order valence-corrected chi connectivity index (χ0v) is 13.1. The first kappa shape index (κ1) is 16.5. The van der Waals surface area contributed by atoms with Gasteiger partial charge in [0, 0.05) is 30.9 Å². The first-order valence-corrected chi connectivity index (χ1v) is 7.29. The van der Waals surface area contributed by atoms with Crippen molar-refractivity contribution >= 4 is 29.1 Å². The largest absolute Gasteiger partial charge is 0.395 e. The molecule has 0 aliphatic heterocycles. The summed E-state index contributed by atoms with van der Waals surface area (Å²) >= 11 is 11.8. The van der Waals surface area contributed by atoms with E-state index in [1.165, 1.54) is 23.2 Å². The summed E-state index contributed by atoms with van der Waals surface area (Å²) in [5, 5.41) is 9.98. The van der Waals surface area contributed by atoms with E-state index in [1.54, 1.807) is 18.2 Å². The minimum atomic E-state index is -0.357. The fraction of sp³-hybridized carbons (Fsp3) is 0.200. The summed E-state index contributed by atoms with van der Waals surface area (Å²) in [4.78, 5) is 27.6. The average molecular weight is 341 g/mol. The molecule has 0 aliphatic carbocycles. The number of nitrogens with one attached hydrogen (secondary N) is 1. The lowest BCUT2D eigenvalue weighted by Gasteiger charge is -2.22. The SMILES string of the molecule is O=C(c1cc[nH]c(=O)c1)N(CCO)Cc1ccc(Cl)c(Cl)c1. The Morgan fingerprint density at radius 1 is 1.18 bits per heavy atom. The van der Waals surface area contributed by atoms with Crippen molar-refractivity contribution in [1.29, 1.82) is 0 Å². The minimum Gasteiger partial charge on any atom is -0.395 e. The molecule has 0 saturated heterocycles. The molecule has 1 amide bonds. The van der Waals surface area contributed by atoms with Crippen molar-refractivity contribution in [2.75, 3.05) is 13.2 Å². The Kier molecular flexibility index (Phi) is 5.60. The quantitative estimate of drug-likeness (QED) is 0.877. The molecule has 0 atom stereocenters. The zero-order chi connectivity index (χ0) is 16.1. The lowest BCUT2D eigenvalue weighted by atomic mass is 10.2. The van der Waals surface area contributed by atoms with E-state index in [-0.39, 0.29) is 36.7 Å². The summed E-state index contributed by atoms with van der Waals surface area (Å²) in [5.74, 6) is -0.341. The number of aromatic nitrogens is 1. The number of aliphatic hydroxyl groups excluding tert-OH is 1. The normalized spacial score (nSPS) is 10.5. The van der Waals surface area contributed by atoms with Crippen molar-refractivity contribution < 1.29 is 9.90 Å². The third-order valence-corrected chi connectivity index (χ3v) is 3.78. The number of hydrogen-bond acceptors (Lipinski definition) is 3. The fourth-order valence-corrected chi connectivity index (χ4v) is 2.31. The molecule has 0 spiro atoms. The standard InChI is InChI=1S/C15H14Cl2N2O3/c16-12-2-1-10(7-13(12)17)9-19(5-6-20)15(22)11-3-4-18-14(21)8-11/h1-4,7-8,20H,5-6,9H2,(H,18,21). The molecule has 1 aromatic carbocycles. The third kappa shape index (κ3) is 4.10. The second-order valence-corrected chi connectivity index (χ2v) is 5.45. The lowest BCUT2D eigenvalue weighted by Crippen LogP contribution is -2.33. The van der Waals surface area contributed by atoms with Crippen LogP contribution in [0.15, 0.2) is 41.3 Å². The molecule has 1 heterocycles. The molecule has 2 aromatic rings. The molecule has 0 radical (unpaired) electrons. The highest BCUT2D eigenvalue weighted by Gasteiger charge is 2.16. The van der Waals surface area contributed by atoms with Gasteiger partial charge in [-0.1, -0.05) is 29.3 Å². The highest BCUT2D eigenvalue weighted by molar-refractivity contribution is 6.42. The molecule has 0 unspecified atom stereocenters. The van der Waals surface area contributed by atoms with Crippen LogP contribution in [0.1, 0.15) is 15.9 Å². The highest BCUT2D eigenvalue weighted by Crippen LogP contribution is 2.23. The number of pyridine rings is 1. The number of H-pyrrole nitrogens is 1. The molecule has 0 fully saturated rings. The van der Waals surface area contributed by atoms with Gasteiger partial charge in [-0.25, -0.2) is 0 Å². The van der Waals surface area contributed by atoms with Gasteiger partial charge in [0.1, 0.15) is 0 Å². The average Bonchev–Trinajstić information content (AvgIpc) is 2.50. The summed E-state index contributed by atoms with van der Waals surface area (Å²) in [7, 11) is 0. The van der Waals surface area contributed by atoms with E-state index in [9.17, 15) is 9.59 Å². The molecule has 22 heavy (non-hydrogen) atoms. The molecular formula is C15H14Cl2N2O3. The maximum absolute atomic E-state index is 12.4. The van der Waals surface area contributed by atoms with E-state index in [0.29, 0.717) is 10.0 Å². The second-order valence-electron chi connectivity index (χ2n) is 4.64. The Morgan fingerprint density at radius 3 is 2.59 bits per heavy atom. The van der Waals surface area contributed by atoms with Crippen LogP contribution in [0, 0.1) is 0 Å². The number of benzene rings is 1. The summed E-state index contributed by atoms with van der Waals surface area (Å²) in [5.41, 5.74) is 0.683. The number of rotatable bonds is 5. The molecule has 0 bridgehead atoms. The van der Waals surface area contributed by atoms with Gasteiger partial charge in [0.25, 0.3) is 5.91 Å². The predicted molar refractivity (Wildman–Crippen MR) is 85.4 cm³/mol. The van der Waals surface area contributed by atoms with Gasteiger partial charge in [-0.05, 0) is 23.8 Å². The number of amides is 1. The monoisotopic (exact) mass is 340 g/mol. The van der Waals surface area contributed by atoms with E-state index < -0.39 is 0 Å². The van der Waals surface area contributed by atoms with Gasteiger partial charge in [0.2, 0.25) is 5.56 Å². The van der Waals surface area contributed by atoms with E-state index in [1.807, 2.05) is 0 Å². The maximum Gasteiger partial charge on any atom is 0.254 e. The van der Waals surface area contributed by atoms with Gasteiger partial charge in [0.05, 0.1) is 16.7 Å². The van der Waals surface area contributed by atoms with Crippen LogP contribution in [0.5, 0.6) is 0 Å². The molecule has 0 aliphatic rings. The van der Waals surface area contributed by atoms with Gasteiger partial charge < -0.3 is 15.0 Å². The molecule has 0 saturated carbocycles. The zero-order valence-electron chi connectivity index (χ0n) is 11.6. The molecule has 116 valence electrons. The molecule has 5 nitrogen and oxygen atoms in total. The van der Waals surface area contributed by atoms with Gasteiger partial charge >= 0.3 is 0 Å². The topological polar surface area (TPSA) is 73.4 Å². The van der Waals surface area contributed by atoms with Crippen molar-refractivity contribution in [3.8, 4) is 0 Å². The van der Waals surface area contributed by atoms with Crippen LogP contribution in [0.25, 0.3) is 0 Å². The van der Waals surface area contributed by atoms with Crippen LogP contribution in [0.4, 0.5) is 0 Å². The molecule has 7 heteroatoms. The van der Waals surface area contributed by atoms with Gasteiger partial charge in [-0.3, -0.25) is 9.59 Å². The lowest BCUT2D eigenvalue weighted by molar-refractivity contribution is 0.0707. The van der Waals surface area contributed by atoms with Crippen molar-refractivity contribution in [2.45, 2.75) is 6.54 Å². The Bertz CT molecular complexity index is 731. The molecule has 2 N–H and O–H groups in total. The minimum absolute atomic E-state index is 0.145. The summed E-state index contributed by atoms with van der Waals surface area (Å²) in [6, 6.07) is 7.81. The number of halogens is 2. The van der Waals surface area contributed by atoms with Gasteiger partial charge in [-0.15, -0.1) is 0 Å². The van der Waals surface area contributed by atoms with Crippen molar-refractivity contribution in [1.82, 2.24) is 9.88 Å². The number of hydrogen-bond donors (Lipinski definition) is 2. The van der Waals surface area contributed by atoms with Crippen LogP contribution in [0.3, 0.4) is 0 Å². The number of aliphatic hydroxyl groups is 1. The predicted octanol–water partition coefficient (Wildman–Crippen LogP) is 2.32. The molecular weight excluding hydrogens is 327 g/mol. The van der Waals surface area contributed by atoms with Crippen LogP contribution in [-0.2, 0) is 6.54 Å². The van der Waals surface area contributed by atoms with E-state index in [0.717, 1.165) is 5.56 Å². The third-order valence-electron chi connectivity index (χ3n) is 3.04. The Balaban J connectivity index is 2.23. The van der Waals surface area contributed by atoms with E-state index >= 15 is 0 Å². The Hall–Kier alpha value is -1.82. The number of carbonyl (C=O) groups excluding carboxylic acids is 1. The van der Waals surface area contributed by atoms with Crippen LogP contribution < -0.4 is 5.56 Å². The van der Waals surface area contributed by atoms with Crippen LogP contribution in [0.2, 0.25) is 10.0 Å². The van der Waals surface area contributed by atoms with Crippen LogP contribution in [-0.4, -0.2) is 34.0 Å². The second kappa shape index (κ2) is 7.45. The van der Waals surface area contributed by atoms with Crippen LogP contribution >= 0.6 is 23.2 Å². The molecule has 2 rings (SSSR count). The Morgan fingerprint density at radius 2 is 1.95 bits per heavy atom. The number of carbonyl (C=O) groups is 1. The van der Waals surface area contributed by atoms with Crippen molar-refractivity contribution in [3.05, 3.63) is 68.1 Å². The van der Waals surface area contributed by atoms with E-state index in [2.05, 4.69) is 4.98 Å². The first-order chi connectivity index (χ1) is 10.5. The van der Waals surface area contributed by atoms with Gasteiger partial charge in [0.15, 0.2) is 0 Å². The van der Waals surface area contributed by atoms with Crippen molar-refractivity contribution in [3.63, 3.8) is 0 Å². The number of aromatic amines is 1. The Labute approximate surface area is 137 Å². The summed E-state index contributed by atoms with van der Waals surface area (Å²) < 4.78 is 0. The fourth-order valence-electron chi connectivity index (χ4n) is 1.99. The van der Waals surface area contributed by atoms with E-state index in [4.69, 9.17) is 28.3 Å². The molecule has 1 aromatic heterocycles. The highest BCUT2D eigenvalue weighted by atomic mass is 35.5. The summed E-state index contributed by atoms with van der Waals surface area (Å²) in [6.45, 7) is 0.214. The smallest absolute Gasteiger partial charge is 0.254 e. The number of nitrogens with zero attached hydrogens (tertiary/aromatic N) is 1. The first-order valence-electron chi connectivity index (χ1n) is 6.54. The van der Waals surface area contributed by atoms with Crippen molar-refractivity contribution in [2.24, 2.45) is 0 Å². The van der Waals surface area contributed by atoms with Gasteiger partial charge in [-0.2, -0.15) is 0 Å². The summed E-state index contributed by atoms with van der Waals surface area (Å²) in [6.07, 6.45) is 1.41.